The molecule has 0 unspecified atom stereocenters. The first-order valence-corrected chi connectivity index (χ1v) is 17.0. The fourth-order valence-corrected chi connectivity index (χ4v) is 6.66. The summed E-state index contributed by atoms with van der Waals surface area (Å²) in [4.78, 5) is 7.12. The number of para-hydroxylation sites is 3. The standard InChI is InChI=1S/C47H36N2O/c1-3-33(2)40-23-14-24-45-46(40)50-47(48-45)36-27-25-34(26-28-36)41-19-10-12-21-43(41)44-22-13-11-20-42(44)35-29-31-39(32-30-35)49(37-15-6-4-7-16-37)38-17-8-5-9-18-38/h3-32H,1-2H3/b33-3-. The Morgan fingerprint density at radius 2 is 0.940 bits per heavy atom. The van der Waals surface area contributed by atoms with Gasteiger partial charge in [0.15, 0.2) is 5.58 Å². The number of nitrogens with zero attached hydrogens (tertiary/aromatic N) is 2. The van der Waals surface area contributed by atoms with Crippen molar-refractivity contribution in [3.05, 3.63) is 188 Å². The van der Waals surface area contributed by atoms with Gasteiger partial charge in [-0.3, -0.25) is 0 Å². The summed E-state index contributed by atoms with van der Waals surface area (Å²) in [7, 11) is 0. The highest BCUT2D eigenvalue weighted by molar-refractivity contribution is 5.93. The second-order valence-corrected chi connectivity index (χ2v) is 12.4. The molecule has 8 rings (SSSR count). The van der Waals surface area contributed by atoms with Crippen molar-refractivity contribution in [3.63, 3.8) is 0 Å². The van der Waals surface area contributed by atoms with Crippen LogP contribution in [-0.4, -0.2) is 4.98 Å². The van der Waals surface area contributed by atoms with Gasteiger partial charge in [-0.15, -0.1) is 0 Å². The molecule has 0 bridgehead atoms. The van der Waals surface area contributed by atoms with Crippen LogP contribution in [0.15, 0.2) is 186 Å². The first-order valence-electron chi connectivity index (χ1n) is 17.0. The molecule has 0 radical (unpaired) electrons. The van der Waals surface area contributed by atoms with Gasteiger partial charge in [0.2, 0.25) is 5.89 Å². The molecule has 0 saturated carbocycles. The highest BCUT2D eigenvalue weighted by Gasteiger charge is 2.16. The summed E-state index contributed by atoms with van der Waals surface area (Å²) < 4.78 is 6.33. The summed E-state index contributed by atoms with van der Waals surface area (Å²) in [5.74, 6) is 0.628. The number of hydrogen-bond donors (Lipinski definition) is 0. The summed E-state index contributed by atoms with van der Waals surface area (Å²) >= 11 is 0. The van der Waals surface area contributed by atoms with Crippen molar-refractivity contribution in [1.82, 2.24) is 4.98 Å². The Morgan fingerprint density at radius 3 is 1.48 bits per heavy atom. The molecule has 3 heteroatoms. The molecule has 50 heavy (non-hydrogen) atoms. The fourth-order valence-electron chi connectivity index (χ4n) is 6.66. The Hall–Kier alpha value is -6.45. The quantitative estimate of drug-likeness (QED) is 0.165. The Bertz CT molecular complexity index is 2380. The predicted molar refractivity (Wildman–Crippen MR) is 210 cm³/mol. The number of hydrogen-bond acceptors (Lipinski definition) is 3. The van der Waals surface area contributed by atoms with Gasteiger partial charge in [-0.25, -0.2) is 4.98 Å². The first kappa shape index (κ1) is 30.9. The number of aromatic nitrogens is 1. The van der Waals surface area contributed by atoms with E-state index in [1.165, 1.54) is 33.4 Å². The molecule has 240 valence electrons. The van der Waals surface area contributed by atoms with E-state index in [-0.39, 0.29) is 0 Å². The summed E-state index contributed by atoms with van der Waals surface area (Å²) in [6, 6.07) is 61.9. The van der Waals surface area contributed by atoms with Crippen LogP contribution in [-0.2, 0) is 0 Å². The minimum atomic E-state index is 0.628. The SMILES string of the molecule is C/C=C(/C)c1cccc2nc(-c3ccc(-c4ccccc4-c4ccccc4-c4ccc(N(c5ccccc5)c5ccccc5)cc4)cc3)oc12. The Morgan fingerprint density at radius 1 is 0.480 bits per heavy atom. The van der Waals surface area contributed by atoms with Gasteiger partial charge in [-0.2, -0.15) is 0 Å². The molecule has 0 spiro atoms. The Balaban J connectivity index is 1.13. The van der Waals surface area contributed by atoms with Crippen molar-refractivity contribution in [3.8, 4) is 44.8 Å². The van der Waals surface area contributed by atoms with Crippen molar-refractivity contribution in [1.29, 1.82) is 0 Å². The van der Waals surface area contributed by atoms with Crippen LogP contribution >= 0.6 is 0 Å². The van der Waals surface area contributed by atoms with Gasteiger partial charge < -0.3 is 9.32 Å². The fraction of sp³-hybridized carbons (Fsp3) is 0.0426. The predicted octanol–water partition coefficient (Wildman–Crippen LogP) is 13.4. The minimum Gasteiger partial charge on any atom is -0.435 e. The zero-order chi connectivity index (χ0) is 33.9. The van der Waals surface area contributed by atoms with Crippen molar-refractivity contribution >= 4 is 33.7 Å². The lowest BCUT2D eigenvalue weighted by atomic mass is 9.89. The maximum absolute atomic E-state index is 6.33. The molecular formula is C47H36N2O. The van der Waals surface area contributed by atoms with Crippen LogP contribution in [0.2, 0.25) is 0 Å². The van der Waals surface area contributed by atoms with Gasteiger partial charge in [-0.05, 0) is 107 Å². The van der Waals surface area contributed by atoms with Crippen LogP contribution in [0.1, 0.15) is 19.4 Å². The van der Waals surface area contributed by atoms with Crippen LogP contribution < -0.4 is 4.90 Å². The van der Waals surface area contributed by atoms with E-state index < -0.39 is 0 Å². The molecular weight excluding hydrogens is 609 g/mol. The molecule has 0 amide bonds. The molecule has 0 aliphatic carbocycles. The van der Waals surface area contributed by atoms with E-state index in [4.69, 9.17) is 9.40 Å². The number of allylic oxidation sites excluding steroid dienone is 2. The lowest BCUT2D eigenvalue weighted by Gasteiger charge is -2.25. The molecule has 1 heterocycles. The van der Waals surface area contributed by atoms with Gasteiger partial charge in [0.05, 0.1) is 0 Å². The van der Waals surface area contributed by atoms with E-state index in [2.05, 4.69) is 182 Å². The molecule has 0 fully saturated rings. The van der Waals surface area contributed by atoms with Crippen LogP contribution in [0.25, 0.3) is 61.5 Å². The van der Waals surface area contributed by atoms with Gasteiger partial charge in [0.25, 0.3) is 0 Å². The summed E-state index contributed by atoms with van der Waals surface area (Å²) in [6.45, 7) is 4.14. The van der Waals surface area contributed by atoms with Crippen LogP contribution in [0.3, 0.4) is 0 Å². The van der Waals surface area contributed by atoms with E-state index in [1.54, 1.807) is 0 Å². The van der Waals surface area contributed by atoms with Crippen LogP contribution in [0.5, 0.6) is 0 Å². The highest BCUT2D eigenvalue weighted by atomic mass is 16.3. The molecule has 7 aromatic carbocycles. The van der Waals surface area contributed by atoms with E-state index >= 15 is 0 Å². The average Bonchev–Trinajstić information content (AvgIpc) is 3.64. The lowest BCUT2D eigenvalue weighted by molar-refractivity contribution is 0.619. The highest BCUT2D eigenvalue weighted by Crippen LogP contribution is 2.41. The van der Waals surface area contributed by atoms with Crippen molar-refractivity contribution in [2.75, 3.05) is 4.90 Å². The van der Waals surface area contributed by atoms with Crippen LogP contribution in [0.4, 0.5) is 17.1 Å². The number of anilines is 3. The topological polar surface area (TPSA) is 29.3 Å². The maximum atomic E-state index is 6.33. The lowest BCUT2D eigenvalue weighted by Crippen LogP contribution is -2.09. The normalized spacial score (nSPS) is 11.5. The summed E-state index contributed by atoms with van der Waals surface area (Å²) in [5, 5.41) is 0. The first-order chi connectivity index (χ1) is 24.7. The Kier molecular flexibility index (Phi) is 8.38. The van der Waals surface area contributed by atoms with Gasteiger partial charge in [0.1, 0.15) is 5.52 Å². The molecule has 0 aliphatic rings. The van der Waals surface area contributed by atoms with Gasteiger partial charge in [-0.1, -0.05) is 127 Å². The van der Waals surface area contributed by atoms with Crippen molar-refractivity contribution in [2.45, 2.75) is 13.8 Å². The van der Waals surface area contributed by atoms with E-state index in [0.717, 1.165) is 44.9 Å². The number of rotatable bonds is 8. The van der Waals surface area contributed by atoms with Crippen molar-refractivity contribution in [2.24, 2.45) is 0 Å². The number of oxazole rings is 1. The number of benzene rings is 7. The second-order valence-electron chi connectivity index (χ2n) is 12.4. The zero-order valence-electron chi connectivity index (χ0n) is 28.1. The minimum absolute atomic E-state index is 0.628. The molecule has 0 N–H and O–H groups in total. The van der Waals surface area contributed by atoms with Gasteiger partial charge >= 0.3 is 0 Å². The third-order valence-electron chi connectivity index (χ3n) is 9.33. The van der Waals surface area contributed by atoms with E-state index in [0.29, 0.717) is 5.89 Å². The number of fused-ring (bicyclic) bond motifs is 1. The monoisotopic (exact) mass is 644 g/mol. The average molecular weight is 645 g/mol. The Labute approximate surface area is 293 Å². The molecule has 0 aliphatic heterocycles. The van der Waals surface area contributed by atoms with Crippen molar-refractivity contribution < 1.29 is 4.42 Å². The molecule has 0 atom stereocenters. The van der Waals surface area contributed by atoms with Crippen LogP contribution in [0, 0.1) is 0 Å². The third-order valence-corrected chi connectivity index (χ3v) is 9.33. The summed E-state index contributed by atoms with van der Waals surface area (Å²) in [5.41, 5.74) is 15.3. The second kappa shape index (κ2) is 13.6. The van der Waals surface area contributed by atoms with E-state index in [1.807, 2.05) is 19.1 Å². The molecule has 8 aromatic rings. The maximum Gasteiger partial charge on any atom is 0.227 e. The largest absolute Gasteiger partial charge is 0.435 e. The molecule has 3 nitrogen and oxygen atoms in total. The molecule has 0 saturated heterocycles. The molecule has 1 aromatic heterocycles. The summed E-state index contributed by atoms with van der Waals surface area (Å²) in [6.07, 6.45) is 2.10. The third kappa shape index (κ3) is 5.91. The zero-order valence-corrected chi connectivity index (χ0v) is 28.1. The van der Waals surface area contributed by atoms with E-state index in [9.17, 15) is 0 Å². The smallest absolute Gasteiger partial charge is 0.227 e. The van der Waals surface area contributed by atoms with Gasteiger partial charge in [0, 0.05) is 28.2 Å².